The van der Waals surface area contributed by atoms with Gasteiger partial charge in [0.1, 0.15) is 6.07 Å². The predicted molar refractivity (Wildman–Crippen MR) is 110 cm³/mol. The van der Waals surface area contributed by atoms with Gasteiger partial charge in [0, 0.05) is 18.0 Å². The second kappa shape index (κ2) is 7.66. The normalized spacial score (nSPS) is 14.6. The van der Waals surface area contributed by atoms with Gasteiger partial charge in [0.15, 0.2) is 16.8 Å². The highest BCUT2D eigenvalue weighted by atomic mass is 32.2. The molecule has 1 heterocycles. The zero-order valence-corrected chi connectivity index (χ0v) is 16.3. The Morgan fingerprint density at radius 2 is 2.04 bits per heavy atom. The van der Waals surface area contributed by atoms with Crippen molar-refractivity contribution in [2.24, 2.45) is 0 Å². The van der Waals surface area contributed by atoms with Crippen molar-refractivity contribution >= 4 is 27.7 Å². The van der Waals surface area contributed by atoms with E-state index in [9.17, 15) is 14.0 Å². The summed E-state index contributed by atoms with van der Waals surface area (Å²) in [6, 6.07) is 16.1. The minimum absolute atomic E-state index is 0.0732. The Morgan fingerprint density at radius 1 is 1.25 bits per heavy atom. The molecule has 7 heteroatoms. The average Bonchev–Trinajstić information content (AvgIpc) is 3.53. The van der Waals surface area contributed by atoms with Crippen molar-refractivity contribution in [2.75, 3.05) is 11.4 Å². The Morgan fingerprint density at radius 3 is 2.71 bits per heavy atom. The molecule has 142 valence electrons. The Bertz CT molecular complexity index is 1110. The molecule has 1 fully saturated rings. The number of hydrogen-bond donors (Lipinski definition) is 1. The fraction of sp³-hybridized carbons (Fsp3) is 0.286. The molecule has 4 rings (SSSR count). The summed E-state index contributed by atoms with van der Waals surface area (Å²) < 4.78 is 20.6. The van der Waals surface area contributed by atoms with E-state index in [-0.39, 0.29) is 5.75 Å². The summed E-state index contributed by atoms with van der Waals surface area (Å²) >= 11 is -1.91. The van der Waals surface area contributed by atoms with Crippen molar-refractivity contribution in [3.8, 4) is 17.2 Å². The summed E-state index contributed by atoms with van der Waals surface area (Å²) in [7, 11) is 0. The smallest absolute Gasteiger partial charge is 0.187 e. The van der Waals surface area contributed by atoms with Crippen LogP contribution in [-0.2, 0) is 16.8 Å². The quantitative estimate of drug-likeness (QED) is 0.640. The van der Waals surface area contributed by atoms with Crippen LogP contribution in [-0.4, -0.2) is 31.5 Å². The van der Waals surface area contributed by atoms with Gasteiger partial charge in [-0.15, -0.1) is 10.2 Å². The van der Waals surface area contributed by atoms with Gasteiger partial charge >= 0.3 is 0 Å². The summed E-state index contributed by atoms with van der Waals surface area (Å²) in [6.07, 6.45) is 2.26. The van der Waals surface area contributed by atoms with Crippen LogP contribution in [0.1, 0.15) is 31.0 Å². The van der Waals surface area contributed by atoms with E-state index >= 15 is 0 Å². The molecule has 2 aromatic carbocycles. The lowest BCUT2D eigenvalue weighted by Gasteiger charge is -2.24. The second-order valence-corrected chi connectivity index (χ2v) is 7.81. The Kier molecular flexibility index (Phi) is 5.07. The van der Waals surface area contributed by atoms with Gasteiger partial charge in [-0.1, -0.05) is 30.3 Å². The van der Waals surface area contributed by atoms with Crippen LogP contribution >= 0.6 is 0 Å². The molecule has 0 bridgehead atoms. The zero-order chi connectivity index (χ0) is 19.7. The van der Waals surface area contributed by atoms with Gasteiger partial charge in [-0.25, -0.2) is 4.21 Å². The third kappa shape index (κ3) is 3.49. The molecule has 1 N–H and O–H groups in total. The molecule has 28 heavy (non-hydrogen) atoms. The van der Waals surface area contributed by atoms with Gasteiger partial charge < -0.3 is 9.45 Å². The van der Waals surface area contributed by atoms with Crippen molar-refractivity contribution in [3.63, 3.8) is 0 Å². The molecule has 0 amide bonds. The largest absolute Gasteiger partial charge is 0.366 e. The topological polar surface area (TPSA) is 90.1 Å². The number of anilines is 1. The van der Waals surface area contributed by atoms with Crippen LogP contribution < -0.4 is 4.90 Å². The maximum atomic E-state index is 11.3. The monoisotopic (exact) mass is 392 g/mol. The highest BCUT2D eigenvalue weighted by Gasteiger charge is 2.31. The molecular weight excluding hydrogens is 372 g/mol. The lowest BCUT2D eigenvalue weighted by molar-refractivity contribution is 0.563. The lowest BCUT2D eigenvalue weighted by Crippen LogP contribution is -2.26. The number of benzene rings is 2. The number of rotatable bonds is 6. The number of nitrogens with zero attached hydrogens (tertiary/aromatic N) is 4. The molecule has 0 radical (unpaired) electrons. The fourth-order valence-corrected chi connectivity index (χ4v) is 4.19. The number of nitriles is 1. The summed E-state index contributed by atoms with van der Waals surface area (Å²) in [4.78, 5) is 2.25. The first-order valence-corrected chi connectivity index (χ1v) is 10.5. The van der Waals surface area contributed by atoms with Crippen molar-refractivity contribution < 1.29 is 8.76 Å². The fourth-order valence-electron chi connectivity index (χ4n) is 3.67. The number of hydrogen-bond acceptors (Lipinski definition) is 5. The van der Waals surface area contributed by atoms with E-state index in [1.54, 1.807) is 0 Å². The van der Waals surface area contributed by atoms with E-state index in [2.05, 4.69) is 28.1 Å². The Balaban J connectivity index is 1.86. The first-order valence-electron chi connectivity index (χ1n) is 9.25. The molecule has 6 nitrogen and oxygen atoms in total. The van der Waals surface area contributed by atoms with Crippen LogP contribution in [0.3, 0.4) is 0 Å². The maximum absolute atomic E-state index is 11.3. The molecule has 1 aliphatic carbocycles. The van der Waals surface area contributed by atoms with Gasteiger partial charge in [0.25, 0.3) is 0 Å². The maximum Gasteiger partial charge on any atom is 0.187 e. The first kappa shape index (κ1) is 18.5. The lowest BCUT2D eigenvalue weighted by atomic mass is 9.98. The van der Waals surface area contributed by atoms with Crippen LogP contribution in [0.5, 0.6) is 0 Å². The summed E-state index contributed by atoms with van der Waals surface area (Å²) in [5.74, 6) is 0.0732. The first-order chi connectivity index (χ1) is 13.6. The molecule has 1 aliphatic rings. The Labute approximate surface area is 166 Å². The van der Waals surface area contributed by atoms with Crippen LogP contribution in [0.2, 0.25) is 0 Å². The Hall–Kier alpha value is -2.82. The molecule has 0 saturated heterocycles. The highest BCUT2D eigenvalue weighted by Crippen LogP contribution is 2.38. The van der Waals surface area contributed by atoms with E-state index in [4.69, 9.17) is 0 Å². The number of fused-ring (bicyclic) bond motifs is 1. The van der Waals surface area contributed by atoms with Crippen molar-refractivity contribution in [1.82, 2.24) is 10.2 Å². The number of aromatic nitrogens is 2. The second-order valence-electron chi connectivity index (χ2n) is 6.88. The molecule has 0 spiro atoms. The molecular formula is C21H20N4O2S. The molecule has 1 saturated carbocycles. The van der Waals surface area contributed by atoms with Gasteiger partial charge in [0.05, 0.1) is 17.0 Å². The van der Waals surface area contributed by atoms with Crippen molar-refractivity contribution in [3.05, 3.63) is 53.7 Å². The minimum atomic E-state index is -1.91. The van der Waals surface area contributed by atoms with E-state index < -0.39 is 11.1 Å². The zero-order valence-electron chi connectivity index (χ0n) is 15.5. The highest BCUT2D eigenvalue weighted by molar-refractivity contribution is 7.78. The molecule has 0 aliphatic heterocycles. The van der Waals surface area contributed by atoms with Crippen LogP contribution in [0.4, 0.5) is 5.69 Å². The van der Waals surface area contributed by atoms with Crippen molar-refractivity contribution in [2.45, 2.75) is 31.6 Å². The van der Waals surface area contributed by atoms with E-state index in [0.717, 1.165) is 47.2 Å². The van der Waals surface area contributed by atoms with Gasteiger partial charge in [0.2, 0.25) is 0 Å². The van der Waals surface area contributed by atoms with E-state index in [0.29, 0.717) is 17.3 Å². The van der Waals surface area contributed by atoms with Crippen molar-refractivity contribution in [1.29, 1.82) is 5.26 Å². The summed E-state index contributed by atoms with van der Waals surface area (Å²) in [6.45, 7) is 2.90. The third-order valence-electron chi connectivity index (χ3n) is 5.06. The van der Waals surface area contributed by atoms with Gasteiger partial charge in [-0.05, 0) is 48.6 Å². The molecule has 1 unspecified atom stereocenters. The van der Waals surface area contributed by atoms with Gasteiger partial charge in [-0.3, -0.25) is 0 Å². The van der Waals surface area contributed by atoms with Gasteiger partial charge in [-0.2, -0.15) is 5.26 Å². The molecule has 3 aromatic rings. The summed E-state index contributed by atoms with van der Waals surface area (Å²) in [5.41, 5.74) is 4.53. The standard InChI is InChI=1S/C21H20N4O2S/c1-2-25(16-8-9-16)21-18-10-7-14(11-19(18)23-24-20(21)12-22)17-6-4-3-5-15(17)13-28(26)27/h3-7,10-11,16H,2,8-9,13H2,1H3,(H,26,27). The van der Waals surface area contributed by atoms with Crippen LogP contribution in [0, 0.1) is 11.3 Å². The van der Waals surface area contributed by atoms with Crippen LogP contribution in [0.15, 0.2) is 42.5 Å². The molecule has 1 aromatic heterocycles. The predicted octanol–water partition coefficient (Wildman–Crippen LogP) is 3.88. The minimum Gasteiger partial charge on any atom is -0.366 e. The molecule has 1 atom stereocenters. The van der Waals surface area contributed by atoms with E-state index in [1.807, 2.05) is 42.5 Å². The SMILES string of the molecule is CCN(c1c(C#N)nnc2cc(-c3ccccc3CS(=O)O)ccc12)C1CC1. The van der Waals surface area contributed by atoms with E-state index in [1.165, 1.54) is 0 Å². The summed E-state index contributed by atoms with van der Waals surface area (Å²) in [5, 5.41) is 18.9. The average molecular weight is 392 g/mol. The third-order valence-corrected chi connectivity index (χ3v) is 5.62. The van der Waals surface area contributed by atoms with Crippen LogP contribution in [0.25, 0.3) is 22.0 Å².